The fourth-order valence-electron chi connectivity index (χ4n) is 10.2. The van der Waals surface area contributed by atoms with Gasteiger partial charge in [0, 0.05) is 56.4 Å². The minimum Gasteiger partial charge on any atom is -0.462 e. The Bertz CT molecular complexity index is 1070. The van der Waals surface area contributed by atoms with Crippen molar-refractivity contribution in [2.75, 3.05) is 32.8 Å². The summed E-state index contributed by atoms with van der Waals surface area (Å²) >= 11 is 0. The third-order valence-electron chi connectivity index (χ3n) is 12.2. The second-order valence-electron chi connectivity index (χ2n) is 14.0. The molecular formula is C31H47N3O6. The minimum atomic E-state index is -0.979. The number of cyclic esters (lactones) is 1. The quantitative estimate of drug-likeness (QED) is 0.457. The molecule has 2 amide bonds. The molecule has 4 aliphatic carbocycles. The van der Waals surface area contributed by atoms with Crippen LogP contribution in [0.2, 0.25) is 0 Å². The van der Waals surface area contributed by atoms with Gasteiger partial charge >= 0.3 is 18.0 Å². The summed E-state index contributed by atoms with van der Waals surface area (Å²) in [5.74, 6) is 0.0789. The molecule has 3 N–H and O–H groups in total. The van der Waals surface area contributed by atoms with Crippen molar-refractivity contribution >= 4 is 18.0 Å². The molecule has 1 saturated heterocycles. The Labute approximate surface area is 237 Å². The molecule has 5 fully saturated rings. The highest BCUT2D eigenvalue weighted by molar-refractivity contribution is 5.85. The number of urea groups is 1. The van der Waals surface area contributed by atoms with E-state index in [1.165, 1.54) is 6.92 Å². The molecule has 0 aromatic carbocycles. The van der Waals surface area contributed by atoms with Gasteiger partial charge in [0.05, 0.1) is 5.60 Å². The molecule has 2 heterocycles. The van der Waals surface area contributed by atoms with Crippen molar-refractivity contribution in [3.05, 3.63) is 11.6 Å². The topological polar surface area (TPSA) is 117 Å². The summed E-state index contributed by atoms with van der Waals surface area (Å²) in [5, 5.41) is 19.4. The molecule has 6 aliphatic rings. The molecule has 0 aromatic rings. The van der Waals surface area contributed by atoms with Crippen molar-refractivity contribution in [3.63, 3.8) is 0 Å². The van der Waals surface area contributed by atoms with Crippen LogP contribution in [0, 0.1) is 34.5 Å². The molecule has 6 rings (SSSR count). The van der Waals surface area contributed by atoms with Crippen molar-refractivity contribution in [1.82, 2.24) is 15.5 Å². The number of fused-ring (bicyclic) bond motifs is 5. The third-order valence-corrected chi connectivity index (χ3v) is 12.2. The number of nitrogens with one attached hydrogen (secondary N) is 2. The van der Waals surface area contributed by atoms with Gasteiger partial charge in [0.2, 0.25) is 0 Å². The molecule has 9 atom stereocenters. The van der Waals surface area contributed by atoms with E-state index in [4.69, 9.17) is 9.47 Å². The van der Waals surface area contributed by atoms with E-state index < -0.39 is 17.1 Å². The van der Waals surface area contributed by atoms with Crippen molar-refractivity contribution in [2.45, 2.75) is 96.3 Å². The van der Waals surface area contributed by atoms with Crippen LogP contribution in [-0.2, 0) is 19.1 Å². The van der Waals surface area contributed by atoms with Crippen LogP contribution in [0.4, 0.5) is 4.79 Å². The lowest BCUT2D eigenvalue weighted by Gasteiger charge is -2.63. The number of esters is 2. The number of hydrogen-bond donors (Lipinski definition) is 3. The molecule has 222 valence electrons. The van der Waals surface area contributed by atoms with Crippen molar-refractivity contribution in [1.29, 1.82) is 0 Å². The Morgan fingerprint density at radius 1 is 1.12 bits per heavy atom. The van der Waals surface area contributed by atoms with Crippen LogP contribution in [0.1, 0.15) is 78.6 Å². The summed E-state index contributed by atoms with van der Waals surface area (Å²) in [6.45, 7) is 9.60. The van der Waals surface area contributed by atoms with Crippen LogP contribution in [-0.4, -0.2) is 78.5 Å². The Morgan fingerprint density at radius 3 is 2.70 bits per heavy atom. The minimum absolute atomic E-state index is 0.0749. The predicted molar refractivity (Wildman–Crippen MR) is 148 cm³/mol. The van der Waals surface area contributed by atoms with Gasteiger partial charge in [-0.25, -0.2) is 9.59 Å². The second kappa shape index (κ2) is 10.3. The smallest absolute Gasteiger partial charge is 0.331 e. The monoisotopic (exact) mass is 557 g/mol. The van der Waals surface area contributed by atoms with Gasteiger partial charge in [0.1, 0.15) is 12.7 Å². The number of ether oxygens (including phenoxy) is 2. The van der Waals surface area contributed by atoms with Crippen LogP contribution in [0.15, 0.2) is 11.6 Å². The van der Waals surface area contributed by atoms with E-state index in [0.717, 1.165) is 83.1 Å². The van der Waals surface area contributed by atoms with Gasteiger partial charge in [-0.3, -0.25) is 4.79 Å². The number of amides is 2. The summed E-state index contributed by atoms with van der Waals surface area (Å²) in [4.78, 5) is 39.1. The molecule has 9 unspecified atom stereocenters. The zero-order valence-corrected chi connectivity index (χ0v) is 24.4. The Hall–Kier alpha value is -2.13. The molecule has 4 saturated carbocycles. The second-order valence-corrected chi connectivity index (χ2v) is 14.0. The molecule has 0 radical (unpaired) electrons. The van der Waals surface area contributed by atoms with Crippen molar-refractivity contribution < 1.29 is 29.0 Å². The lowest BCUT2D eigenvalue weighted by Crippen LogP contribution is -2.63. The molecule has 0 aromatic heterocycles. The maximum atomic E-state index is 13.0. The standard InChI is InChI=1S/C31H47N3O6/c1-19(35)40-25-17-31(38)24-6-5-21-16-22(33-28(37)34-13-4-11-32-12-14-34)7-9-29(21,2)23(24)8-10-30(31,3)27(25)20-15-26(36)39-18-20/h15,21-25,27,32,38H,4-14,16-18H2,1-3H3,(H,33,37). The van der Waals surface area contributed by atoms with Crippen LogP contribution < -0.4 is 10.6 Å². The molecule has 9 nitrogen and oxygen atoms in total. The molecule has 0 bridgehead atoms. The average Bonchev–Trinajstić information content (AvgIpc) is 3.26. The van der Waals surface area contributed by atoms with E-state index in [9.17, 15) is 19.5 Å². The first kappa shape index (κ1) is 28.0. The summed E-state index contributed by atoms with van der Waals surface area (Å²) < 4.78 is 11.1. The fourth-order valence-corrected chi connectivity index (χ4v) is 10.2. The zero-order chi connectivity index (χ0) is 28.3. The Balaban J connectivity index is 1.20. The summed E-state index contributed by atoms with van der Waals surface area (Å²) in [7, 11) is 0. The number of nitrogens with zero attached hydrogens (tertiary/aromatic N) is 1. The number of hydrogen-bond acceptors (Lipinski definition) is 7. The van der Waals surface area contributed by atoms with E-state index in [0.29, 0.717) is 18.3 Å². The highest BCUT2D eigenvalue weighted by Crippen LogP contribution is 2.70. The first-order valence-electron chi connectivity index (χ1n) is 15.6. The Kier molecular flexibility index (Phi) is 7.21. The normalized spacial score (nSPS) is 44.9. The molecule has 9 heteroatoms. The van der Waals surface area contributed by atoms with Crippen LogP contribution in [0.25, 0.3) is 0 Å². The molecular weight excluding hydrogens is 510 g/mol. The summed E-state index contributed by atoms with van der Waals surface area (Å²) in [6, 6.07) is 0.275. The molecule has 2 aliphatic heterocycles. The van der Waals surface area contributed by atoms with Gasteiger partial charge in [-0.1, -0.05) is 13.8 Å². The first-order valence-corrected chi connectivity index (χ1v) is 15.6. The number of rotatable bonds is 3. The maximum Gasteiger partial charge on any atom is 0.331 e. The third kappa shape index (κ3) is 4.46. The number of aliphatic hydroxyl groups is 1. The van der Waals surface area contributed by atoms with E-state index in [1.807, 2.05) is 4.90 Å². The lowest BCUT2D eigenvalue weighted by molar-refractivity contribution is -0.204. The largest absolute Gasteiger partial charge is 0.462 e. The summed E-state index contributed by atoms with van der Waals surface area (Å²) in [5.41, 5.74) is -0.518. The van der Waals surface area contributed by atoms with Gasteiger partial charge < -0.3 is 30.1 Å². The van der Waals surface area contributed by atoms with Crippen LogP contribution in [0.5, 0.6) is 0 Å². The maximum absolute atomic E-state index is 13.0. The average molecular weight is 558 g/mol. The van der Waals surface area contributed by atoms with Gasteiger partial charge in [0.25, 0.3) is 0 Å². The van der Waals surface area contributed by atoms with E-state index in [2.05, 4.69) is 24.5 Å². The first-order chi connectivity index (χ1) is 19.0. The zero-order valence-electron chi connectivity index (χ0n) is 24.4. The van der Waals surface area contributed by atoms with Gasteiger partial charge in [-0.15, -0.1) is 0 Å². The highest BCUT2D eigenvalue weighted by atomic mass is 16.5. The SMILES string of the molecule is CC(=O)OC1CC2(O)C3CCC4CC(NC(=O)N5CCCNCC5)CCC4(C)C3CCC2(C)C1C1=CC(=O)OC1. The molecule has 0 spiro atoms. The van der Waals surface area contributed by atoms with Gasteiger partial charge in [-0.2, -0.15) is 0 Å². The fraction of sp³-hybridized carbons (Fsp3) is 0.839. The predicted octanol–water partition coefficient (Wildman–Crippen LogP) is 3.16. The Morgan fingerprint density at radius 2 is 1.95 bits per heavy atom. The molecule has 40 heavy (non-hydrogen) atoms. The lowest BCUT2D eigenvalue weighted by atomic mass is 9.43. The van der Waals surface area contributed by atoms with E-state index in [1.54, 1.807) is 6.08 Å². The number of carbonyl (C=O) groups excluding carboxylic acids is 3. The van der Waals surface area contributed by atoms with Crippen molar-refractivity contribution in [3.8, 4) is 0 Å². The van der Waals surface area contributed by atoms with Gasteiger partial charge in [-0.05, 0) is 86.7 Å². The highest BCUT2D eigenvalue weighted by Gasteiger charge is 2.71. The van der Waals surface area contributed by atoms with Crippen LogP contribution >= 0.6 is 0 Å². The van der Waals surface area contributed by atoms with E-state index >= 15 is 0 Å². The summed E-state index contributed by atoms with van der Waals surface area (Å²) in [6.07, 6.45) is 9.30. The van der Waals surface area contributed by atoms with E-state index in [-0.39, 0.29) is 47.9 Å². The van der Waals surface area contributed by atoms with Crippen LogP contribution in [0.3, 0.4) is 0 Å². The van der Waals surface area contributed by atoms with Gasteiger partial charge in [0.15, 0.2) is 0 Å². The number of carbonyl (C=O) groups is 3. The van der Waals surface area contributed by atoms with Crippen molar-refractivity contribution in [2.24, 2.45) is 34.5 Å².